The normalized spacial score (nSPS) is 21.5. The molecule has 0 aliphatic carbocycles. The van der Waals surface area contributed by atoms with Crippen molar-refractivity contribution in [2.45, 2.75) is 9.65 Å². The zero-order valence-electron chi connectivity index (χ0n) is 13.2. The Labute approximate surface area is 160 Å². The summed E-state index contributed by atoms with van der Waals surface area (Å²) in [7, 11) is 1.36. The van der Waals surface area contributed by atoms with Gasteiger partial charge in [0.25, 0.3) is 11.5 Å². The van der Waals surface area contributed by atoms with Crippen molar-refractivity contribution in [2.24, 2.45) is 0 Å². The second kappa shape index (κ2) is 6.52. The molecule has 2 aromatic rings. The van der Waals surface area contributed by atoms with E-state index in [1.54, 1.807) is 12.1 Å². The van der Waals surface area contributed by atoms with E-state index in [4.69, 9.17) is 9.47 Å². The van der Waals surface area contributed by atoms with E-state index in [1.807, 2.05) is 0 Å². The van der Waals surface area contributed by atoms with Gasteiger partial charge in [-0.2, -0.15) is 0 Å². The number of carbonyl (C=O) groups is 1. The van der Waals surface area contributed by atoms with E-state index < -0.39 is 31.0 Å². The van der Waals surface area contributed by atoms with Crippen LogP contribution in [0.5, 0.6) is 11.5 Å². The summed E-state index contributed by atoms with van der Waals surface area (Å²) in [5.74, 6) is -0.400. The van der Waals surface area contributed by atoms with Crippen molar-refractivity contribution in [1.29, 1.82) is 0 Å². The third-order valence-corrected chi connectivity index (χ3v) is 5.47. The largest absolute Gasteiger partial charge is 0.497 e. The van der Waals surface area contributed by atoms with Crippen LogP contribution in [0.25, 0.3) is 0 Å². The molecular formula is C16H11IN2O7. The van der Waals surface area contributed by atoms with E-state index in [1.165, 1.54) is 60.0 Å². The molecule has 0 fully saturated rings. The predicted molar refractivity (Wildman–Crippen MR) is 97.5 cm³/mol. The third kappa shape index (κ3) is 2.66. The molecule has 0 aromatic heterocycles. The van der Waals surface area contributed by atoms with Crippen LogP contribution in [0.2, 0.25) is 0 Å². The molecule has 26 heavy (non-hydrogen) atoms. The number of hydrogen-bond donors (Lipinski definition) is 0. The molecule has 3 rings (SSSR count). The number of para-hydroxylation sites is 1. The van der Waals surface area contributed by atoms with Crippen LogP contribution in [-0.2, 0) is 0 Å². The molecule has 0 bridgehead atoms. The average molecular weight is 470 g/mol. The third-order valence-electron chi connectivity index (χ3n) is 4.02. The number of nitrogens with zero attached hydrogens (tertiary/aromatic N) is 2. The second-order valence-electron chi connectivity index (χ2n) is 5.44. The molecule has 134 valence electrons. The Bertz CT molecular complexity index is 933. The Kier molecular flexibility index (Phi) is 4.52. The van der Waals surface area contributed by atoms with Gasteiger partial charge in [0.2, 0.25) is 6.10 Å². The van der Waals surface area contributed by atoms with E-state index in [2.05, 4.69) is 0 Å². The highest BCUT2D eigenvalue weighted by molar-refractivity contribution is 14.1. The van der Waals surface area contributed by atoms with Crippen molar-refractivity contribution in [3.63, 3.8) is 0 Å². The summed E-state index contributed by atoms with van der Waals surface area (Å²) in [6.07, 6.45) is -1.50. The van der Waals surface area contributed by atoms with Gasteiger partial charge in [-0.3, -0.25) is 25.0 Å². The maximum Gasteiger partial charge on any atom is 0.370 e. The van der Waals surface area contributed by atoms with E-state index in [0.29, 0.717) is 0 Å². The van der Waals surface area contributed by atoms with Gasteiger partial charge < -0.3 is 9.47 Å². The van der Waals surface area contributed by atoms with E-state index in [0.717, 1.165) is 0 Å². The predicted octanol–water partition coefficient (Wildman–Crippen LogP) is 3.33. The number of hydrogen-bond acceptors (Lipinski definition) is 7. The zero-order valence-corrected chi connectivity index (χ0v) is 15.4. The number of Topliss-reactive ketones (excluding diaryl/α,β-unsaturated/α-hetero) is 1. The summed E-state index contributed by atoms with van der Waals surface area (Å²) in [5.41, 5.74) is -0.449. The van der Waals surface area contributed by atoms with Crippen molar-refractivity contribution in [3.8, 4) is 11.5 Å². The van der Waals surface area contributed by atoms with Crippen molar-refractivity contribution < 1.29 is 24.1 Å². The standard InChI is InChI=1S/C16H11IN2O7/c1-25-9-6-7-12(18(21)22)11(8-9)15-16(17,19(23)24)14(20)10-4-2-3-5-13(10)26-15/h2-8,15H,1H3/t15-,16+/m1/s1. The molecule has 9 nitrogen and oxygen atoms in total. The number of ketones is 1. The quantitative estimate of drug-likeness (QED) is 0.221. The lowest BCUT2D eigenvalue weighted by Crippen LogP contribution is -2.50. The number of carbonyl (C=O) groups excluding carboxylic acids is 1. The fourth-order valence-corrected chi connectivity index (χ4v) is 3.51. The number of fused-ring (bicyclic) bond motifs is 1. The van der Waals surface area contributed by atoms with Crippen LogP contribution in [0, 0.1) is 20.2 Å². The molecule has 0 saturated heterocycles. The Balaban J connectivity index is 2.28. The smallest absolute Gasteiger partial charge is 0.370 e. The Morgan fingerprint density at radius 2 is 1.88 bits per heavy atom. The van der Waals surface area contributed by atoms with E-state index in [9.17, 15) is 25.0 Å². The lowest BCUT2D eigenvalue weighted by Gasteiger charge is -2.32. The maximum atomic E-state index is 12.9. The highest BCUT2D eigenvalue weighted by atomic mass is 127. The number of methoxy groups -OCH3 is 1. The SMILES string of the molecule is COc1ccc([N+](=O)[O-])c([C@H]2Oc3ccccc3C(=O)[C@]2(I)[N+](=O)[O-])c1. The summed E-state index contributed by atoms with van der Waals surface area (Å²) < 4.78 is 8.53. The Morgan fingerprint density at radius 1 is 1.19 bits per heavy atom. The van der Waals surface area contributed by atoms with Gasteiger partial charge in [-0.25, -0.2) is 0 Å². The first-order chi connectivity index (χ1) is 12.3. The molecule has 1 aliphatic heterocycles. The van der Waals surface area contributed by atoms with Crippen molar-refractivity contribution in [2.75, 3.05) is 7.11 Å². The number of halogens is 1. The summed E-state index contributed by atoms with van der Waals surface area (Å²) in [5, 5.41) is 23.2. The minimum atomic E-state index is -2.26. The first-order valence-corrected chi connectivity index (χ1v) is 8.34. The number of ether oxygens (including phenoxy) is 2. The van der Waals surface area contributed by atoms with Crippen LogP contribution < -0.4 is 9.47 Å². The minimum Gasteiger partial charge on any atom is -0.497 e. The van der Waals surface area contributed by atoms with Gasteiger partial charge in [0.1, 0.15) is 11.5 Å². The maximum absolute atomic E-state index is 12.9. The Morgan fingerprint density at radius 3 is 2.50 bits per heavy atom. The van der Waals surface area contributed by atoms with Crippen LogP contribution in [0.3, 0.4) is 0 Å². The fraction of sp³-hybridized carbons (Fsp3) is 0.188. The van der Waals surface area contributed by atoms with Gasteiger partial charge in [0.05, 0.1) is 23.2 Å². The van der Waals surface area contributed by atoms with Gasteiger partial charge in [-0.15, -0.1) is 0 Å². The van der Waals surface area contributed by atoms with Gasteiger partial charge in [0, 0.05) is 33.6 Å². The van der Waals surface area contributed by atoms with Crippen molar-refractivity contribution in [3.05, 3.63) is 73.8 Å². The molecule has 2 atom stereocenters. The molecule has 0 amide bonds. The van der Waals surface area contributed by atoms with Crippen LogP contribution in [0.15, 0.2) is 42.5 Å². The molecule has 10 heteroatoms. The minimum absolute atomic E-state index is 0.0559. The first kappa shape index (κ1) is 18.0. The molecular weight excluding hydrogens is 459 g/mol. The molecule has 2 aromatic carbocycles. The number of nitro benzene ring substituents is 1. The zero-order chi connectivity index (χ0) is 19.1. The van der Waals surface area contributed by atoms with Crippen molar-refractivity contribution in [1.82, 2.24) is 0 Å². The number of benzene rings is 2. The number of rotatable bonds is 4. The second-order valence-corrected chi connectivity index (χ2v) is 7.08. The molecule has 0 spiro atoms. The van der Waals surface area contributed by atoms with Crippen LogP contribution in [-0.4, -0.2) is 26.3 Å². The lowest BCUT2D eigenvalue weighted by atomic mass is 9.91. The molecule has 1 heterocycles. The van der Waals surface area contributed by atoms with Crippen molar-refractivity contribution >= 4 is 34.1 Å². The summed E-state index contributed by atoms with van der Waals surface area (Å²) in [6, 6.07) is 9.88. The summed E-state index contributed by atoms with van der Waals surface area (Å²) in [4.78, 5) is 34.6. The topological polar surface area (TPSA) is 122 Å². The lowest BCUT2D eigenvalue weighted by molar-refractivity contribution is -0.525. The monoisotopic (exact) mass is 470 g/mol. The molecule has 0 saturated carbocycles. The Hall–Kier alpha value is -2.76. The number of nitro groups is 2. The first-order valence-electron chi connectivity index (χ1n) is 7.27. The summed E-state index contributed by atoms with van der Waals surface area (Å²) in [6.45, 7) is 0. The van der Waals surface area contributed by atoms with Gasteiger partial charge in [-0.1, -0.05) is 12.1 Å². The molecule has 0 radical (unpaired) electrons. The molecule has 0 unspecified atom stereocenters. The fourth-order valence-electron chi connectivity index (χ4n) is 2.75. The average Bonchev–Trinajstić information content (AvgIpc) is 2.63. The molecule has 1 aliphatic rings. The van der Waals surface area contributed by atoms with E-state index in [-0.39, 0.29) is 22.6 Å². The molecule has 0 N–H and O–H groups in total. The van der Waals surface area contributed by atoms with Crippen LogP contribution in [0.4, 0.5) is 5.69 Å². The van der Waals surface area contributed by atoms with Gasteiger partial charge in [0.15, 0.2) is 0 Å². The van der Waals surface area contributed by atoms with Crippen LogP contribution in [0.1, 0.15) is 22.0 Å². The number of alkyl halides is 1. The van der Waals surface area contributed by atoms with Gasteiger partial charge >= 0.3 is 3.55 Å². The van der Waals surface area contributed by atoms with E-state index >= 15 is 0 Å². The van der Waals surface area contributed by atoms with Crippen LogP contribution >= 0.6 is 22.6 Å². The highest BCUT2D eigenvalue weighted by Gasteiger charge is 2.62. The van der Waals surface area contributed by atoms with Gasteiger partial charge in [-0.05, 0) is 24.3 Å². The summed E-state index contributed by atoms with van der Waals surface area (Å²) >= 11 is 1.40. The highest BCUT2D eigenvalue weighted by Crippen LogP contribution is 2.49.